The maximum absolute atomic E-state index is 5.95. The molecule has 0 bridgehead atoms. The number of benzene rings is 1. The van der Waals surface area contributed by atoms with E-state index in [-0.39, 0.29) is 5.92 Å². The Morgan fingerprint density at radius 2 is 1.85 bits per heavy atom. The molecule has 1 aromatic heterocycles. The van der Waals surface area contributed by atoms with Crippen LogP contribution in [0.1, 0.15) is 25.3 Å². The summed E-state index contributed by atoms with van der Waals surface area (Å²) in [5.41, 5.74) is 8.83. The van der Waals surface area contributed by atoms with Crippen molar-refractivity contribution >= 4 is 21.7 Å². The second kappa shape index (κ2) is 5.75. The largest absolute Gasteiger partial charge is 0.492 e. The maximum Gasteiger partial charge on any atom is 0.175 e. The summed E-state index contributed by atoms with van der Waals surface area (Å²) < 4.78 is 11.8. The van der Waals surface area contributed by atoms with Gasteiger partial charge in [0.2, 0.25) is 0 Å². The first-order valence-electron chi connectivity index (χ1n) is 6.24. The summed E-state index contributed by atoms with van der Waals surface area (Å²) in [7, 11) is 3.26. The van der Waals surface area contributed by atoms with Crippen LogP contribution in [0.3, 0.4) is 0 Å². The number of halogens is 1. The number of H-pyrrole nitrogens is 1. The van der Waals surface area contributed by atoms with Gasteiger partial charge >= 0.3 is 0 Å². The SMILES string of the molecule is COc1c(Br)cc(-c2cn[nH]c2N)c(C(C)C)c1OC. The van der Waals surface area contributed by atoms with Gasteiger partial charge in [-0.05, 0) is 33.5 Å². The predicted octanol–water partition coefficient (Wildman–Crippen LogP) is 3.56. The van der Waals surface area contributed by atoms with Crippen molar-refractivity contribution in [3.63, 3.8) is 0 Å². The number of methoxy groups -OCH3 is 2. The molecule has 1 heterocycles. The van der Waals surface area contributed by atoms with Gasteiger partial charge in [0.05, 0.1) is 24.9 Å². The van der Waals surface area contributed by atoms with Crippen molar-refractivity contribution in [2.75, 3.05) is 20.0 Å². The molecule has 0 aliphatic rings. The van der Waals surface area contributed by atoms with Crippen molar-refractivity contribution in [2.24, 2.45) is 0 Å². The molecule has 3 N–H and O–H groups in total. The first kappa shape index (κ1) is 14.7. The molecule has 108 valence electrons. The number of rotatable bonds is 4. The normalized spacial score (nSPS) is 10.9. The summed E-state index contributed by atoms with van der Waals surface area (Å²) >= 11 is 3.52. The zero-order valence-electron chi connectivity index (χ0n) is 12.0. The van der Waals surface area contributed by atoms with Crippen LogP contribution < -0.4 is 15.2 Å². The zero-order chi connectivity index (χ0) is 14.9. The molecule has 0 fully saturated rings. The average molecular weight is 340 g/mol. The first-order chi connectivity index (χ1) is 9.51. The minimum absolute atomic E-state index is 0.247. The highest BCUT2D eigenvalue weighted by molar-refractivity contribution is 9.10. The van der Waals surface area contributed by atoms with E-state index in [4.69, 9.17) is 15.2 Å². The molecule has 0 aliphatic heterocycles. The van der Waals surface area contributed by atoms with Crippen molar-refractivity contribution in [3.05, 3.63) is 22.3 Å². The van der Waals surface area contributed by atoms with E-state index in [1.54, 1.807) is 20.4 Å². The fourth-order valence-corrected chi connectivity index (χ4v) is 2.89. The Balaban J connectivity index is 2.81. The number of hydrogen-bond acceptors (Lipinski definition) is 4. The first-order valence-corrected chi connectivity index (χ1v) is 7.04. The predicted molar refractivity (Wildman–Crippen MR) is 83.3 cm³/mol. The van der Waals surface area contributed by atoms with Gasteiger partial charge in [0.15, 0.2) is 11.5 Å². The molecular weight excluding hydrogens is 322 g/mol. The summed E-state index contributed by atoms with van der Waals surface area (Å²) in [5.74, 6) is 2.18. The molecule has 0 aliphatic carbocycles. The summed E-state index contributed by atoms with van der Waals surface area (Å²) in [5, 5.41) is 6.75. The van der Waals surface area contributed by atoms with E-state index in [0.29, 0.717) is 17.3 Å². The van der Waals surface area contributed by atoms with E-state index in [9.17, 15) is 0 Å². The number of nitrogen functional groups attached to an aromatic ring is 1. The number of nitrogens with two attached hydrogens (primary N) is 1. The summed E-state index contributed by atoms with van der Waals surface area (Å²) in [6.07, 6.45) is 1.72. The zero-order valence-corrected chi connectivity index (χ0v) is 13.5. The van der Waals surface area contributed by atoms with Crippen LogP contribution in [-0.2, 0) is 0 Å². The van der Waals surface area contributed by atoms with Gasteiger partial charge in [-0.15, -0.1) is 0 Å². The number of ether oxygens (including phenoxy) is 2. The van der Waals surface area contributed by atoms with E-state index < -0.39 is 0 Å². The number of nitrogens with one attached hydrogen (secondary N) is 1. The Morgan fingerprint density at radius 3 is 2.30 bits per heavy atom. The van der Waals surface area contributed by atoms with E-state index in [1.165, 1.54) is 0 Å². The number of nitrogens with zero attached hydrogens (tertiary/aromatic N) is 1. The highest BCUT2D eigenvalue weighted by Crippen LogP contribution is 2.47. The standard InChI is InChI=1S/C14H18BrN3O2/c1-7(2)11-8(9-6-17-18-14(9)16)5-10(15)12(19-3)13(11)20-4/h5-7H,1-4H3,(H3,16,17,18). The summed E-state index contributed by atoms with van der Waals surface area (Å²) in [4.78, 5) is 0. The molecule has 6 heteroatoms. The Hall–Kier alpha value is -1.69. The van der Waals surface area contributed by atoms with Crippen LogP contribution in [0, 0.1) is 0 Å². The quantitative estimate of drug-likeness (QED) is 0.893. The molecule has 0 saturated heterocycles. The van der Waals surface area contributed by atoms with E-state index >= 15 is 0 Å². The monoisotopic (exact) mass is 339 g/mol. The number of hydrogen-bond donors (Lipinski definition) is 2. The van der Waals surface area contributed by atoms with Gasteiger partial charge in [-0.2, -0.15) is 5.10 Å². The Labute approximate surface area is 126 Å². The summed E-state index contributed by atoms with van der Waals surface area (Å²) in [6.45, 7) is 4.20. The second-order valence-electron chi connectivity index (χ2n) is 4.74. The molecule has 0 atom stereocenters. The van der Waals surface area contributed by atoms with Crippen molar-refractivity contribution < 1.29 is 9.47 Å². The van der Waals surface area contributed by atoms with E-state index in [2.05, 4.69) is 40.0 Å². The third-order valence-electron chi connectivity index (χ3n) is 3.17. The topological polar surface area (TPSA) is 73.2 Å². The molecule has 5 nitrogen and oxygen atoms in total. The van der Waals surface area contributed by atoms with Crippen LogP contribution in [0.5, 0.6) is 11.5 Å². The minimum atomic E-state index is 0.247. The molecule has 20 heavy (non-hydrogen) atoms. The molecule has 0 radical (unpaired) electrons. The van der Waals surface area contributed by atoms with Gasteiger partial charge in [0, 0.05) is 11.1 Å². The highest BCUT2D eigenvalue weighted by atomic mass is 79.9. The molecular formula is C14H18BrN3O2. The molecule has 0 unspecified atom stereocenters. The smallest absolute Gasteiger partial charge is 0.175 e. The van der Waals surface area contributed by atoms with Crippen LogP contribution in [0.15, 0.2) is 16.7 Å². The second-order valence-corrected chi connectivity index (χ2v) is 5.59. The molecule has 0 spiro atoms. The number of aromatic nitrogens is 2. The third-order valence-corrected chi connectivity index (χ3v) is 3.76. The lowest BCUT2D eigenvalue weighted by Gasteiger charge is -2.20. The Kier molecular flexibility index (Phi) is 4.23. The lowest BCUT2D eigenvalue weighted by atomic mass is 9.92. The van der Waals surface area contributed by atoms with Crippen LogP contribution in [0.4, 0.5) is 5.82 Å². The maximum atomic E-state index is 5.95. The van der Waals surface area contributed by atoms with Gasteiger partial charge < -0.3 is 15.2 Å². The fraction of sp³-hybridized carbons (Fsp3) is 0.357. The minimum Gasteiger partial charge on any atom is -0.492 e. The molecule has 2 rings (SSSR count). The molecule has 0 amide bonds. The van der Waals surface area contributed by atoms with Crippen LogP contribution in [0.25, 0.3) is 11.1 Å². The third kappa shape index (κ3) is 2.35. The van der Waals surface area contributed by atoms with Gasteiger partial charge in [-0.1, -0.05) is 13.8 Å². The molecule has 1 aromatic carbocycles. The molecule has 0 saturated carbocycles. The highest BCUT2D eigenvalue weighted by Gasteiger charge is 2.23. The number of aromatic amines is 1. The van der Waals surface area contributed by atoms with Crippen LogP contribution >= 0.6 is 15.9 Å². The van der Waals surface area contributed by atoms with Gasteiger partial charge in [-0.3, -0.25) is 5.10 Å². The molecule has 2 aromatic rings. The van der Waals surface area contributed by atoms with Gasteiger partial charge in [-0.25, -0.2) is 0 Å². The average Bonchev–Trinajstić information content (AvgIpc) is 2.82. The van der Waals surface area contributed by atoms with Gasteiger partial charge in [0.1, 0.15) is 5.82 Å². The Bertz CT molecular complexity index is 623. The van der Waals surface area contributed by atoms with E-state index in [1.807, 2.05) is 6.07 Å². The van der Waals surface area contributed by atoms with E-state index in [0.717, 1.165) is 21.2 Å². The van der Waals surface area contributed by atoms with Crippen molar-refractivity contribution in [1.29, 1.82) is 0 Å². The van der Waals surface area contributed by atoms with Gasteiger partial charge in [0.25, 0.3) is 0 Å². The van der Waals surface area contributed by atoms with Crippen molar-refractivity contribution in [3.8, 4) is 22.6 Å². The van der Waals surface area contributed by atoms with Crippen molar-refractivity contribution in [2.45, 2.75) is 19.8 Å². The summed E-state index contributed by atoms with van der Waals surface area (Å²) in [6, 6.07) is 1.98. The number of anilines is 1. The Morgan fingerprint density at radius 1 is 1.20 bits per heavy atom. The van der Waals surface area contributed by atoms with Crippen LogP contribution in [0.2, 0.25) is 0 Å². The van der Waals surface area contributed by atoms with Crippen LogP contribution in [-0.4, -0.2) is 24.4 Å². The fourth-order valence-electron chi connectivity index (χ4n) is 2.32. The lowest BCUT2D eigenvalue weighted by molar-refractivity contribution is 0.349. The van der Waals surface area contributed by atoms with Crippen molar-refractivity contribution in [1.82, 2.24) is 10.2 Å². The lowest BCUT2D eigenvalue weighted by Crippen LogP contribution is -2.02.